The largest absolute Gasteiger partial charge is 0.483 e. The number of ether oxygens (including phenoxy) is 1. The maximum Gasteiger partial charge on any atom is 0.422 e. The average molecular weight is 308 g/mol. The Morgan fingerprint density at radius 1 is 1.40 bits per heavy atom. The molecule has 7 heteroatoms. The second-order valence-corrected chi connectivity index (χ2v) is 5.07. The fraction of sp³-hybridized carbons (Fsp3) is 0.462. The lowest BCUT2D eigenvalue weighted by Gasteiger charge is -2.11. The van der Waals surface area contributed by atoms with Crippen LogP contribution in [-0.2, 0) is 11.3 Å². The number of carbonyl (C=O) groups is 1. The lowest BCUT2D eigenvalue weighted by molar-refractivity contribution is -0.153. The van der Waals surface area contributed by atoms with Crippen LogP contribution < -0.4 is 10.1 Å². The SMILES string of the molecule is O=C(NCc1ccc(OCC(F)(F)F)c(Cl)c1)C1CC1. The summed E-state index contributed by atoms with van der Waals surface area (Å²) < 4.78 is 40.7. The number of nitrogens with one attached hydrogen (secondary N) is 1. The van der Waals surface area contributed by atoms with Crippen LogP contribution in [0.15, 0.2) is 18.2 Å². The molecule has 0 spiro atoms. The number of amides is 1. The standard InChI is InChI=1S/C13H13ClF3NO2/c14-10-5-8(6-18-12(19)9-2-3-9)1-4-11(10)20-7-13(15,16)17/h1,4-5,9H,2-3,6-7H2,(H,18,19). The molecule has 0 aromatic heterocycles. The van der Waals surface area contributed by atoms with Crippen LogP contribution in [0.2, 0.25) is 5.02 Å². The predicted octanol–water partition coefficient (Wildman–Crippen LogP) is 3.31. The van der Waals surface area contributed by atoms with Crippen molar-refractivity contribution in [1.82, 2.24) is 5.32 Å². The van der Waals surface area contributed by atoms with Gasteiger partial charge in [0.1, 0.15) is 5.75 Å². The van der Waals surface area contributed by atoms with E-state index in [4.69, 9.17) is 11.6 Å². The van der Waals surface area contributed by atoms with Crippen LogP contribution >= 0.6 is 11.6 Å². The van der Waals surface area contributed by atoms with E-state index >= 15 is 0 Å². The molecule has 1 N–H and O–H groups in total. The molecular formula is C13H13ClF3NO2. The van der Waals surface area contributed by atoms with Crippen molar-refractivity contribution in [3.05, 3.63) is 28.8 Å². The van der Waals surface area contributed by atoms with Crippen LogP contribution in [-0.4, -0.2) is 18.7 Å². The lowest BCUT2D eigenvalue weighted by Crippen LogP contribution is -2.24. The molecule has 1 aliphatic rings. The van der Waals surface area contributed by atoms with Gasteiger partial charge in [-0.15, -0.1) is 0 Å². The van der Waals surface area contributed by atoms with E-state index in [1.54, 1.807) is 6.07 Å². The second-order valence-electron chi connectivity index (χ2n) is 4.66. The van der Waals surface area contributed by atoms with E-state index in [1.807, 2.05) is 0 Å². The molecular weight excluding hydrogens is 295 g/mol. The molecule has 1 saturated carbocycles. The first-order valence-electron chi connectivity index (χ1n) is 6.11. The van der Waals surface area contributed by atoms with Crippen molar-refractivity contribution in [2.75, 3.05) is 6.61 Å². The van der Waals surface area contributed by atoms with E-state index in [1.165, 1.54) is 12.1 Å². The minimum absolute atomic E-state index is 0.00137. The van der Waals surface area contributed by atoms with Crippen molar-refractivity contribution >= 4 is 17.5 Å². The third kappa shape index (κ3) is 4.59. The molecule has 20 heavy (non-hydrogen) atoms. The summed E-state index contributed by atoms with van der Waals surface area (Å²) in [6.45, 7) is -1.08. The van der Waals surface area contributed by atoms with Gasteiger partial charge in [0.25, 0.3) is 0 Å². The number of alkyl halides is 3. The molecule has 0 atom stereocenters. The maximum atomic E-state index is 12.0. The Balaban J connectivity index is 1.89. The summed E-state index contributed by atoms with van der Waals surface area (Å²) in [5.41, 5.74) is 0.711. The average Bonchev–Trinajstić information content (AvgIpc) is 3.17. The number of carbonyl (C=O) groups excluding carboxylic acids is 1. The maximum absolute atomic E-state index is 12.0. The minimum Gasteiger partial charge on any atom is -0.483 e. The second kappa shape index (κ2) is 5.91. The van der Waals surface area contributed by atoms with Gasteiger partial charge in [0, 0.05) is 12.5 Å². The first-order chi connectivity index (χ1) is 9.35. The number of hydrogen-bond acceptors (Lipinski definition) is 2. The summed E-state index contributed by atoms with van der Waals surface area (Å²) in [5, 5.41) is 2.84. The molecule has 0 unspecified atom stereocenters. The molecule has 0 saturated heterocycles. The molecule has 1 aromatic carbocycles. The smallest absolute Gasteiger partial charge is 0.422 e. The third-order valence-electron chi connectivity index (χ3n) is 2.80. The first kappa shape index (κ1) is 15.0. The molecule has 1 aliphatic carbocycles. The van der Waals surface area contributed by atoms with Gasteiger partial charge in [-0.2, -0.15) is 13.2 Å². The van der Waals surface area contributed by atoms with E-state index in [-0.39, 0.29) is 22.6 Å². The Hall–Kier alpha value is -1.43. The molecule has 3 nitrogen and oxygen atoms in total. The highest BCUT2D eigenvalue weighted by Crippen LogP contribution is 2.29. The van der Waals surface area contributed by atoms with Gasteiger partial charge in [-0.25, -0.2) is 0 Å². The Labute approximate surface area is 119 Å². The van der Waals surface area contributed by atoms with Crippen molar-refractivity contribution < 1.29 is 22.7 Å². The third-order valence-corrected chi connectivity index (χ3v) is 3.10. The Bertz CT molecular complexity index is 501. The molecule has 0 aliphatic heterocycles. The number of hydrogen-bond donors (Lipinski definition) is 1. The van der Waals surface area contributed by atoms with Crippen LogP contribution in [0.3, 0.4) is 0 Å². The number of halogens is 4. The van der Waals surface area contributed by atoms with E-state index in [2.05, 4.69) is 10.1 Å². The Kier molecular flexibility index (Phi) is 4.42. The highest BCUT2D eigenvalue weighted by atomic mass is 35.5. The van der Waals surface area contributed by atoms with Gasteiger partial charge in [0.05, 0.1) is 5.02 Å². The van der Waals surface area contributed by atoms with Gasteiger partial charge in [0.15, 0.2) is 6.61 Å². The molecule has 0 radical (unpaired) electrons. The molecule has 1 amide bonds. The van der Waals surface area contributed by atoms with E-state index in [9.17, 15) is 18.0 Å². The quantitative estimate of drug-likeness (QED) is 0.906. The first-order valence-corrected chi connectivity index (χ1v) is 6.48. The van der Waals surface area contributed by atoms with Crippen molar-refractivity contribution in [3.8, 4) is 5.75 Å². The topological polar surface area (TPSA) is 38.3 Å². The molecule has 1 aromatic rings. The van der Waals surface area contributed by atoms with Gasteiger partial charge >= 0.3 is 6.18 Å². The summed E-state index contributed by atoms with van der Waals surface area (Å²) in [6.07, 6.45) is -2.58. The molecule has 0 heterocycles. The summed E-state index contributed by atoms with van der Waals surface area (Å²) in [5.74, 6) is 0.0830. The van der Waals surface area contributed by atoms with E-state index in [0.29, 0.717) is 12.1 Å². The fourth-order valence-electron chi connectivity index (χ4n) is 1.61. The Morgan fingerprint density at radius 3 is 2.65 bits per heavy atom. The van der Waals surface area contributed by atoms with Crippen molar-refractivity contribution in [2.24, 2.45) is 5.92 Å². The van der Waals surface area contributed by atoms with Crippen LogP contribution in [0, 0.1) is 5.92 Å². The van der Waals surface area contributed by atoms with Crippen LogP contribution in [0.4, 0.5) is 13.2 Å². The zero-order chi connectivity index (χ0) is 14.8. The van der Waals surface area contributed by atoms with Gasteiger partial charge < -0.3 is 10.1 Å². The van der Waals surface area contributed by atoms with Gasteiger partial charge in [0.2, 0.25) is 5.91 Å². The number of rotatable bonds is 5. The van der Waals surface area contributed by atoms with Crippen LogP contribution in [0.5, 0.6) is 5.75 Å². The van der Waals surface area contributed by atoms with Gasteiger partial charge in [-0.1, -0.05) is 17.7 Å². The summed E-state index contributed by atoms with van der Waals surface area (Å²) >= 11 is 5.84. The predicted molar refractivity (Wildman–Crippen MR) is 67.6 cm³/mol. The zero-order valence-corrected chi connectivity index (χ0v) is 11.2. The van der Waals surface area contributed by atoms with Gasteiger partial charge in [-0.3, -0.25) is 4.79 Å². The Morgan fingerprint density at radius 2 is 2.10 bits per heavy atom. The monoisotopic (exact) mass is 307 g/mol. The van der Waals surface area contributed by atoms with Crippen molar-refractivity contribution in [3.63, 3.8) is 0 Å². The fourth-order valence-corrected chi connectivity index (χ4v) is 1.87. The van der Waals surface area contributed by atoms with E-state index in [0.717, 1.165) is 12.8 Å². The van der Waals surface area contributed by atoms with Crippen molar-refractivity contribution in [2.45, 2.75) is 25.6 Å². The molecule has 0 bridgehead atoms. The molecule has 110 valence electrons. The van der Waals surface area contributed by atoms with Gasteiger partial charge in [-0.05, 0) is 30.5 Å². The highest BCUT2D eigenvalue weighted by Gasteiger charge is 2.29. The highest BCUT2D eigenvalue weighted by molar-refractivity contribution is 6.32. The van der Waals surface area contributed by atoms with Crippen LogP contribution in [0.25, 0.3) is 0 Å². The lowest BCUT2D eigenvalue weighted by atomic mass is 10.2. The van der Waals surface area contributed by atoms with E-state index < -0.39 is 12.8 Å². The normalized spacial score (nSPS) is 15.0. The summed E-state index contributed by atoms with van der Waals surface area (Å²) in [4.78, 5) is 11.4. The number of benzene rings is 1. The molecule has 2 rings (SSSR count). The summed E-state index contributed by atoms with van der Waals surface area (Å²) in [6, 6.07) is 4.43. The van der Waals surface area contributed by atoms with Crippen LogP contribution in [0.1, 0.15) is 18.4 Å². The zero-order valence-electron chi connectivity index (χ0n) is 10.5. The summed E-state index contributed by atoms with van der Waals surface area (Å²) in [7, 11) is 0. The minimum atomic E-state index is -4.40. The van der Waals surface area contributed by atoms with Crippen molar-refractivity contribution in [1.29, 1.82) is 0 Å². The molecule has 1 fully saturated rings.